The molecule has 2 saturated carbocycles. The van der Waals surface area contributed by atoms with E-state index in [9.17, 15) is 23.8 Å². The number of hydrogen-bond donors (Lipinski definition) is 1. The van der Waals surface area contributed by atoms with E-state index >= 15 is 0 Å². The third-order valence-corrected chi connectivity index (χ3v) is 16.2. The lowest BCUT2D eigenvalue weighted by Gasteiger charge is -2.35. The maximum atomic E-state index is 15.0. The fourth-order valence-electron chi connectivity index (χ4n) is 8.98. The summed E-state index contributed by atoms with van der Waals surface area (Å²) >= 11 is 1.58. The van der Waals surface area contributed by atoms with Gasteiger partial charge in [0, 0.05) is 47.5 Å². The molecule has 2 aromatic carbocycles. The van der Waals surface area contributed by atoms with Crippen molar-refractivity contribution in [2.24, 2.45) is 23.2 Å². The van der Waals surface area contributed by atoms with Crippen LogP contribution >= 0.6 is 18.7 Å². The van der Waals surface area contributed by atoms with Gasteiger partial charge in [0.15, 0.2) is 5.78 Å². The van der Waals surface area contributed by atoms with E-state index in [2.05, 4.69) is 20.4 Å². The molecule has 1 saturated heterocycles. The highest BCUT2D eigenvalue weighted by atomic mass is 32.1. The molecule has 2 aromatic heterocycles. The van der Waals surface area contributed by atoms with E-state index in [1.807, 2.05) is 50.4 Å². The predicted octanol–water partition coefficient (Wildman–Crippen LogP) is 8.95. The number of allylic oxidation sites excluding steroid dienone is 1. The summed E-state index contributed by atoms with van der Waals surface area (Å²) in [5.41, 5.74) is 1.32. The molecule has 0 spiro atoms. The normalized spacial score (nSPS) is 23.3. The average Bonchev–Trinajstić information content (AvgIpc) is 3.61. The summed E-state index contributed by atoms with van der Waals surface area (Å²) in [6.45, 7) is 14.1. The SMILES string of the molecule is C=C[C@@H]1C[C@]1(CC(=O)[C@@H]1C[C@@H](Oc2cc(-c3csc(CC(C)C)n3)nc3cc(OC)ccc23)CN1C(=O)[C@@H](CC(=O)OC1CCCC1)C(C)(C)C)P(=O)(O)c1ccccc1. The second-order valence-corrected chi connectivity index (χ2v) is 21.8. The highest BCUT2D eigenvalue weighted by molar-refractivity contribution is 7.68. The van der Waals surface area contributed by atoms with E-state index in [4.69, 9.17) is 24.2 Å². The molecule has 3 heterocycles. The van der Waals surface area contributed by atoms with Gasteiger partial charge in [0.1, 0.15) is 23.7 Å². The first kappa shape index (κ1) is 43.7. The zero-order valence-electron chi connectivity index (χ0n) is 35.6. The molecule has 320 valence electrons. The summed E-state index contributed by atoms with van der Waals surface area (Å²) in [4.78, 5) is 66.4. The molecule has 11 nitrogen and oxygen atoms in total. The van der Waals surface area contributed by atoms with Crippen molar-refractivity contribution in [2.75, 3.05) is 13.7 Å². The van der Waals surface area contributed by atoms with Crippen LogP contribution in [0.2, 0.25) is 0 Å². The number of rotatable bonds is 16. The van der Waals surface area contributed by atoms with Crippen molar-refractivity contribution in [3.05, 3.63) is 77.6 Å². The average molecular weight is 856 g/mol. The van der Waals surface area contributed by atoms with Gasteiger partial charge in [0.2, 0.25) is 13.3 Å². The fraction of sp³-hybridized carbons (Fsp3) is 0.511. The number of amides is 1. The molecule has 3 aliphatic rings. The Morgan fingerprint density at radius 1 is 1.05 bits per heavy atom. The largest absolute Gasteiger partial charge is 0.497 e. The molecule has 2 aliphatic carbocycles. The number of carbonyl (C=O) groups excluding carboxylic acids is 3. The molecule has 1 amide bonds. The Balaban J connectivity index is 1.23. The quantitative estimate of drug-likeness (QED) is 0.0659. The number of methoxy groups -OCH3 is 1. The minimum atomic E-state index is -4.08. The number of likely N-dealkylation sites (tertiary alicyclic amines) is 1. The van der Waals surface area contributed by atoms with Crippen LogP contribution in [0.5, 0.6) is 11.5 Å². The number of hydrogen-bond acceptors (Lipinski definition) is 10. The van der Waals surface area contributed by atoms with Gasteiger partial charge in [0.25, 0.3) is 0 Å². The summed E-state index contributed by atoms with van der Waals surface area (Å²) in [6.07, 6.45) is 5.47. The molecule has 13 heteroatoms. The fourth-order valence-corrected chi connectivity index (χ4v) is 12.4. The zero-order valence-corrected chi connectivity index (χ0v) is 37.3. The van der Waals surface area contributed by atoms with Crippen molar-refractivity contribution >= 4 is 52.6 Å². The lowest BCUT2D eigenvalue weighted by atomic mass is 9.77. The number of ketones is 1. The third kappa shape index (κ3) is 9.12. The Hall–Kier alpha value is -4.38. The molecule has 0 radical (unpaired) electrons. The maximum Gasteiger partial charge on any atom is 0.306 e. The first-order chi connectivity index (χ1) is 28.5. The summed E-state index contributed by atoms with van der Waals surface area (Å²) in [6, 6.07) is 14.9. The van der Waals surface area contributed by atoms with Crippen molar-refractivity contribution in [3.8, 4) is 22.9 Å². The van der Waals surface area contributed by atoms with Crippen LogP contribution in [0.15, 0.2) is 72.6 Å². The number of aromatic nitrogens is 2. The van der Waals surface area contributed by atoms with Crippen molar-refractivity contribution in [2.45, 2.75) is 116 Å². The molecular weight excluding hydrogens is 798 g/mol. The molecule has 60 heavy (non-hydrogen) atoms. The number of carbonyl (C=O) groups is 3. The number of benzene rings is 2. The van der Waals surface area contributed by atoms with Gasteiger partial charge in [-0.3, -0.25) is 18.9 Å². The molecule has 6 atom stereocenters. The van der Waals surface area contributed by atoms with Crippen molar-refractivity contribution < 1.29 is 38.1 Å². The van der Waals surface area contributed by atoms with Gasteiger partial charge in [0.05, 0.1) is 59.1 Å². The number of Topliss-reactive ketones (excluding diaryl/α,β-unsaturated/α-hetero) is 1. The minimum Gasteiger partial charge on any atom is -0.497 e. The summed E-state index contributed by atoms with van der Waals surface area (Å²) in [5.74, 6) is -0.660. The van der Waals surface area contributed by atoms with Crippen LogP contribution in [0.4, 0.5) is 0 Å². The maximum absolute atomic E-state index is 15.0. The standard InChI is InChI=1S/C47H58N3O8PS/c1-8-30-25-47(30,59(54,55)34-16-10-9-11-17-34)26-41(51)40-22-33(27-50(40)45(53)36(46(4,5)6)23-44(52)58-31-14-12-13-15-31)57-42-24-38(39-28-60-43(49-39)20-29(2)3)48-37-21-32(56-7)18-19-35(37)42/h8-11,16-19,21,24,28-31,33,36,40H,1,12-15,20,22-23,25-27H2,2-7H3,(H,54,55)/t30-,33-,36-,40+,47-/m1/s1. The number of thiazole rings is 1. The van der Waals surface area contributed by atoms with Crippen molar-refractivity contribution in [1.82, 2.24) is 14.9 Å². The first-order valence-electron chi connectivity index (χ1n) is 21.2. The summed E-state index contributed by atoms with van der Waals surface area (Å²) in [5, 5.41) is 2.76. The van der Waals surface area contributed by atoms with E-state index < -0.39 is 42.0 Å². The van der Waals surface area contributed by atoms with E-state index in [1.54, 1.807) is 59.8 Å². The molecule has 1 unspecified atom stereocenters. The van der Waals surface area contributed by atoms with Crippen LogP contribution < -0.4 is 14.8 Å². The van der Waals surface area contributed by atoms with Gasteiger partial charge in [-0.2, -0.15) is 0 Å². The molecule has 0 bridgehead atoms. The highest BCUT2D eigenvalue weighted by Crippen LogP contribution is 2.72. The number of ether oxygens (including phenoxy) is 3. The monoisotopic (exact) mass is 855 g/mol. The van der Waals surface area contributed by atoms with Crippen molar-refractivity contribution in [1.29, 1.82) is 0 Å². The van der Waals surface area contributed by atoms with Gasteiger partial charge < -0.3 is 24.0 Å². The Morgan fingerprint density at radius 3 is 2.43 bits per heavy atom. The van der Waals surface area contributed by atoms with E-state index in [0.717, 1.165) is 48.2 Å². The van der Waals surface area contributed by atoms with Gasteiger partial charge >= 0.3 is 5.97 Å². The first-order valence-corrected chi connectivity index (χ1v) is 23.7. The van der Waals surface area contributed by atoms with Gasteiger partial charge in [-0.15, -0.1) is 17.9 Å². The van der Waals surface area contributed by atoms with Gasteiger partial charge in [-0.25, -0.2) is 9.97 Å². The van der Waals surface area contributed by atoms with Crippen LogP contribution in [0.1, 0.15) is 91.0 Å². The smallest absolute Gasteiger partial charge is 0.306 e. The Kier molecular flexibility index (Phi) is 12.8. The lowest BCUT2D eigenvalue weighted by Crippen LogP contribution is -2.48. The second-order valence-electron chi connectivity index (χ2n) is 18.3. The van der Waals surface area contributed by atoms with Gasteiger partial charge in [-0.1, -0.05) is 58.9 Å². The zero-order chi connectivity index (χ0) is 43.0. The van der Waals surface area contributed by atoms with Crippen LogP contribution in [0, 0.1) is 23.2 Å². The number of pyridine rings is 1. The topological polar surface area (TPSA) is 145 Å². The Morgan fingerprint density at radius 2 is 1.78 bits per heavy atom. The van der Waals surface area contributed by atoms with Crippen molar-refractivity contribution in [3.63, 3.8) is 0 Å². The third-order valence-electron chi connectivity index (χ3n) is 12.5. The number of nitrogens with zero attached hydrogens (tertiary/aromatic N) is 3. The van der Waals surface area contributed by atoms with E-state index in [-0.39, 0.29) is 54.8 Å². The minimum absolute atomic E-state index is 0.0669. The highest BCUT2D eigenvalue weighted by Gasteiger charge is 2.66. The van der Waals surface area contributed by atoms with Crippen LogP contribution in [0.25, 0.3) is 22.3 Å². The lowest BCUT2D eigenvalue weighted by molar-refractivity contribution is -0.156. The second kappa shape index (κ2) is 17.5. The molecule has 1 N–H and O–H groups in total. The van der Waals surface area contributed by atoms with Crippen LogP contribution in [0.3, 0.4) is 0 Å². The predicted molar refractivity (Wildman–Crippen MR) is 235 cm³/mol. The molecule has 1 aliphatic heterocycles. The molecule has 4 aromatic rings. The number of esters is 1. The van der Waals surface area contributed by atoms with E-state index in [0.29, 0.717) is 35.0 Å². The molecule has 3 fully saturated rings. The molecular formula is C47H58N3O8PS. The molecule has 7 rings (SSSR count). The van der Waals surface area contributed by atoms with Crippen LogP contribution in [-0.2, 0) is 30.1 Å². The number of fused-ring (bicyclic) bond motifs is 1. The summed E-state index contributed by atoms with van der Waals surface area (Å²) in [7, 11) is -2.48. The van der Waals surface area contributed by atoms with Crippen LogP contribution in [-0.4, -0.2) is 74.5 Å². The Bertz CT molecular complexity index is 2280. The van der Waals surface area contributed by atoms with E-state index in [1.165, 1.54) is 0 Å². The summed E-state index contributed by atoms with van der Waals surface area (Å²) < 4.78 is 32.6. The van der Waals surface area contributed by atoms with Gasteiger partial charge in [-0.05, 0) is 73.6 Å². The Labute approximate surface area is 357 Å².